The molecule has 0 spiro atoms. The maximum Gasteiger partial charge on any atom is 0.335 e. The van der Waals surface area contributed by atoms with Crippen LogP contribution in [0.2, 0.25) is 0 Å². The first-order valence-corrected chi connectivity index (χ1v) is 11.5. The van der Waals surface area contributed by atoms with Crippen molar-refractivity contribution < 1.29 is 28.9 Å². The average Bonchev–Trinajstić information content (AvgIpc) is 2.86. The molecule has 3 rings (SSSR count). The number of aromatic carboxylic acids is 1. The van der Waals surface area contributed by atoms with Crippen LogP contribution in [0.15, 0.2) is 42.5 Å². The predicted octanol–water partition coefficient (Wildman–Crippen LogP) is 1.71. The number of carbonyl (C=O) groups is 2. The van der Waals surface area contributed by atoms with Crippen molar-refractivity contribution in [2.75, 3.05) is 26.3 Å². The number of nitrogens with two attached hydrogens (primary N) is 2. The predicted molar refractivity (Wildman–Crippen MR) is 132 cm³/mol. The number of guanidine groups is 1. The van der Waals surface area contributed by atoms with Crippen molar-refractivity contribution >= 4 is 23.7 Å². The van der Waals surface area contributed by atoms with E-state index < -0.39 is 11.9 Å². The van der Waals surface area contributed by atoms with Gasteiger partial charge in [0.15, 0.2) is 5.96 Å². The second kappa shape index (κ2) is 12.5. The van der Waals surface area contributed by atoms with E-state index >= 15 is 0 Å². The molecule has 2 aromatic rings. The molecule has 1 heterocycles. The van der Waals surface area contributed by atoms with Crippen LogP contribution in [0.3, 0.4) is 0 Å². The van der Waals surface area contributed by atoms with Gasteiger partial charge in [0.05, 0.1) is 12.2 Å². The second-order valence-electron chi connectivity index (χ2n) is 8.39. The zero-order chi connectivity index (χ0) is 26.1. The zero-order valence-electron chi connectivity index (χ0n) is 19.9. The van der Waals surface area contributed by atoms with Gasteiger partial charge in [-0.15, -0.1) is 0 Å². The summed E-state index contributed by atoms with van der Waals surface area (Å²) < 4.78 is 16.6. The lowest BCUT2D eigenvalue weighted by atomic mass is 10.0. The number of nitrogens with one attached hydrogen (secondary N) is 2. The van der Waals surface area contributed by atoms with Crippen LogP contribution in [0.25, 0.3) is 0 Å². The minimum absolute atomic E-state index is 0.0250. The van der Waals surface area contributed by atoms with E-state index in [0.717, 1.165) is 0 Å². The van der Waals surface area contributed by atoms with Gasteiger partial charge >= 0.3 is 11.9 Å². The van der Waals surface area contributed by atoms with Gasteiger partial charge in [0.25, 0.3) is 0 Å². The van der Waals surface area contributed by atoms with Crippen LogP contribution in [-0.2, 0) is 27.3 Å². The minimum Gasteiger partial charge on any atom is -0.490 e. The molecule has 1 saturated heterocycles. The average molecular weight is 498 g/mol. The molecule has 0 aliphatic carbocycles. The lowest BCUT2D eigenvalue weighted by molar-refractivity contribution is -0.150. The summed E-state index contributed by atoms with van der Waals surface area (Å²) in [6, 6.07) is 11.7. The van der Waals surface area contributed by atoms with Crippen LogP contribution in [-0.4, -0.2) is 66.1 Å². The van der Waals surface area contributed by atoms with E-state index in [1.165, 1.54) is 6.07 Å². The molecule has 11 heteroatoms. The third kappa shape index (κ3) is 7.70. The van der Waals surface area contributed by atoms with Gasteiger partial charge in [-0.3, -0.25) is 10.8 Å². The Balaban J connectivity index is 1.47. The molecule has 1 fully saturated rings. The lowest BCUT2D eigenvalue weighted by Gasteiger charge is -2.32. The smallest absolute Gasteiger partial charge is 0.335 e. The highest BCUT2D eigenvalue weighted by Crippen LogP contribution is 2.23. The summed E-state index contributed by atoms with van der Waals surface area (Å²) >= 11 is 0. The SMILES string of the molecule is N=C(N)c1cccc(COC(=O)COCCc2cc(OC3CCN(C(=N)N)CC3)ccc2C(=O)O)c1. The number of hydrogen-bond donors (Lipinski definition) is 5. The summed E-state index contributed by atoms with van der Waals surface area (Å²) in [5, 5.41) is 24.5. The number of nitrogen functional groups attached to an aromatic ring is 1. The summed E-state index contributed by atoms with van der Waals surface area (Å²) in [6.07, 6.45) is 1.64. The topological polar surface area (TPSA) is 185 Å². The molecular formula is C25H31N5O6. The van der Waals surface area contributed by atoms with Crippen LogP contribution in [0.1, 0.15) is 39.9 Å². The Bertz CT molecular complexity index is 1110. The Kier molecular flexibility index (Phi) is 9.23. The molecule has 192 valence electrons. The number of benzene rings is 2. The number of carboxylic acids is 1. The largest absolute Gasteiger partial charge is 0.490 e. The molecule has 11 nitrogen and oxygen atoms in total. The summed E-state index contributed by atoms with van der Waals surface area (Å²) in [7, 11) is 0. The number of hydrogen-bond acceptors (Lipinski definition) is 7. The van der Waals surface area contributed by atoms with Crippen molar-refractivity contribution in [3.05, 3.63) is 64.7 Å². The van der Waals surface area contributed by atoms with Crippen LogP contribution in [0, 0.1) is 10.8 Å². The van der Waals surface area contributed by atoms with Gasteiger partial charge in [0.1, 0.15) is 30.9 Å². The van der Waals surface area contributed by atoms with Crippen molar-refractivity contribution in [2.45, 2.75) is 32.0 Å². The molecule has 1 aliphatic heterocycles. The van der Waals surface area contributed by atoms with Crippen molar-refractivity contribution in [1.29, 1.82) is 10.8 Å². The molecule has 2 aromatic carbocycles. The Morgan fingerprint density at radius 3 is 2.50 bits per heavy atom. The molecule has 0 radical (unpaired) electrons. The van der Waals surface area contributed by atoms with Gasteiger partial charge < -0.3 is 35.7 Å². The van der Waals surface area contributed by atoms with E-state index in [9.17, 15) is 14.7 Å². The van der Waals surface area contributed by atoms with E-state index in [1.54, 1.807) is 41.3 Å². The second-order valence-corrected chi connectivity index (χ2v) is 8.39. The van der Waals surface area contributed by atoms with E-state index in [4.69, 9.17) is 36.5 Å². The van der Waals surface area contributed by atoms with Gasteiger partial charge in [-0.25, -0.2) is 9.59 Å². The van der Waals surface area contributed by atoms with Crippen molar-refractivity contribution in [2.24, 2.45) is 11.5 Å². The first-order chi connectivity index (χ1) is 17.2. The number of likely N-dealkylation sites (tertiary alicyclic amines) is 1. The minimum atomic E-state index is -1.06. The lowest BCUT2D eigenvalue weighted by Crippen LogP contribution is -2.44. The Labute approximate surface area is 208 Å². The monoisotopic (exact) mass is 497 g/mol. The van der Waals surface area contributed by atoms with Gasteiger partial charge in [0, 0.05) is 31.5 Å². The molecule has 0 atom stereocenters. The number of carbonyl (C=O) groups excluding carboxylic acids is 1. The molecule has 36 heavy (non-hydrogen) atoms. The van der Waals surface area contributed by atoms with Crippen LogP contribution in [0.5, 0.6) is 5.75 Å². The quantitative estimate of drug-likeness (QED) is 0.133. The number of rotatable bonds is 11. The molecular weight excluding hydrogens is 466 g/mol. The molecule has 0 unspecified atom stereocenters. The maximum atomic E-state index is 12.0. The highest BCUT2D eigenvalue weighted by atomic mass is 16.6. The van der Waals surface area contributed by atoms with E-state index in [0.29, 0.717) is 48.4 Å². The van der Waals surface area contributed by atoms with Crippen LogP contribution < -0.4 is 16.2 Å². The van der Waals surface area contributed by atoms with E-state index in [-0.39, 0.29) is 49.7 Å². The number of esters is 1. The fraction of sp³-hybridized carbons (Fsp3) is 0.360. The maximum absolute atomic E-state index is 12.0. The first-order valence-electron chi connectivity index (χ1n) is 11.5. The molecule has 0 aromatic heterocycles. The third-order valence-electron chi connectivity index (χ3n) is 5.77. The van der Waals surface area contributed by atoms with Crippen molar-refractivity contribution in [1.82, 2.24) is 4.90 Å². The van der Waals surface area contributed by atoms with Gasteiger partial charge in [0.2, 0.25) is 0 Å². The fourth-order valence-electron chi connectivity index (χ4n) is 3.84. The molecule has 0 amide bonds. The fourth-order valence-corrected chi connectivity index (χ4v) is 3.84. The van der Waals surface area contributed by atoms with Gasteiger partial charge in [-0.1, -0.05) is 18.2 Å². The van der Waals surface area contributed by atoms with E-state index in [1.807, 2.05) is 0 Å². The van der Waals surface area contributed by atoms with Crippen molar-refractivity contribution in [3.8, 4) is 5.75 Å². The Morgan fingerprint density at radius 2 is 1.83 bits per heavy atom. The first kappa shape index (κ1) is 26.5. The molecule has 7 N–H and O–H groups in total. The summed E-state index contributed by atoms with van der Waals surface area (Å²) in [5.41, 5.74) is 12.9. The number of piperidine rings is 1. The molecule has 1 aliphatic rings. The molecule has 0 saturated carbocycles. The number of carboxylic acid groups (broad SMARTS) is 1. The zero-order valence-corrected chi connectivity index (χ0v) is 19.9. The normalized spacial score (nSPS) is 13.7. The number of amidine groups is 1. The standard InChI is InChI=1S/C25H31N5O6/c26-23(27)18-3-1-2-16(12-18)14-35-22(31)15-34-11-8-17-13-20(4-5-21(17)24(32)33)36-19-6-9-30(10-7-19)25(28)29/h1-5,12-13,19H,6-11,14-15H2,(H3,26,27)(H3,28,29)(H,32,33). The highest BCUT2D eigenvalue weighted by molar-refractivity contribution is 5.95. The summed E-state index contributed by atoms with van der Waals surface area (Å²) in [6.45, 7) is 1.13. The van der Waals surface area contributed by atoms with E-state index in [2.05, 4.69) is 0 Å². The van der Waals surface area contributed by atoms with Gasteiger partial charge in [-0.05, 0) is 41.8 Å². The summed E-state index contributed by atoms with van der Waals surface area (Å²) in [5.74, 6) is -1.08. The number of ether oxygens (including phenoxy) is 3. The van der Waals surface area contributed by atoms with Gasteiger partial charge in [-0.2, -0.15) is 0 Å². The molecule has 0 bridgehead atoms. The third-order valence-corrected chi connectivity index (χ3v) is 5.77. The Hall–Kier alpha value is -4.12. The van der Waals surface area contributed by atoms with Crippen LogP contribution >= 0.6 is 0 Å². The van der Waals surface area contributed by atoms with Crippen LogP contribution in [0.4, 0.5) is 0 Å². The summed E-state index contributed by atoms with van der Waals surface area (Å²) in [4.78, 5) is 25.4. The highest BCUT2D eigenvalue weighted by Gasteiger charge is 2.22. The number of nitrogens with zero attached hydrogens (tertiary/aromatic N) is 1. The van der Waals surface area contributed by atoms with Crippen molar-refractivity contribution in [3.63, 3.8) is 0 Å². The Morgan fingerprint density at radius 1 is 1.08 bits per heavy atom.